The zero-order valence-electron chi connectivity index (χ0n) is 20.8. The van der Waals surface area contributed by atoms with Crippen LogP contribution in [0.5, 0.6) is 0 Å². The van der Waals surface area contributed by atoms with E-state index < -0.39 is 0 Å². The summed E-state index contributed by atoms with van der Waals surface area (Å²) >= 11 is 0. The quantitative estimate of drug-likeness (QED) is 0.237. The third kappa shape index (κ3) is 2.75. The highest BCUT2D eigenvalue weighted by molar-refractivity contribution is 6.18. The maximum absolute atomic E-state index is 6.47. The van der Waals surface area contributed by atoms with Crippen molar-refractivity contribution in [2.24, 2.45) is 0 Å². The normalized spacial score (nSPS) is 12.1. The van der Waals surface area contributed by atoms with Gasteiger partial charge in [0.05, 0.1) is 11.0 Å². The van der Waals surface area contributed by atoms with Crippen LogP contribution >= 0.6 is 0 Å². The summed E-state index contributed by atoms with van der Waals surface area (Å²) < 4.78 is 15.2. The van der Waals surface area contributed by atoms with Crippen molar-refractivity contribution >= 4 is 65.7 Å². The Morgan fingerprint density at radius 2 is 1.05 bits per heavy atom. The average molecular weight is 501 g/mol. The van der Waals surface area contributed by atoms with Crippen LogP contribution in [0.1, 0.15) is 0 Å². The lowest BCUT2D eigenvalue weighted by Gasteiger charge is -2.11. The van der Waals surface area contributed by atoms with Gasteiger partial charge in [0, 0.05) is 49.6 Å². The minimum Gasteiger partial charge on any atom is -0.455 e. The Morgan fingerprint density at radius 1 is 0.462 bits per heavy atom. The van der Waals surface area contributed by atoms with Crippen molar-refractivity contribution in [2.45, 2.75) is 0 Å². The molecule has 0 radical (unpaired) electrons. The van der Waals surface area contributed by atoms with Gasteiger partial charge in [-0.15, -0.1) is 0 Å². The summed E-state index contributed by atoms with van der Waals surface area (Å²) in [5.41, 5.74) is 7.70. The number of hydrogen-bond acceptors (Lipinski definition) is 3. The predicted molar refractivity (Wildman–Crippen MR) is 159 cm³/mol. The third-order valence-corrected chi connectivity index (χ3v) is 7.88. The minimum absolute atomic E-state index is 0.776. The van der Waals surface area contributed by atoms with Crippen molar-refractivity contribution in [3.05, 3.63) is 121 Å². The molecule has 9 rings (SSSR count). The first-order valence-electron chi connectivity index (χ1n) is 13.1. The Bertz CT molecular complexity index is 2400. The fraction of sp³-hybridized carbons (Fsp3) is 0. The fourth-order valence-corrected chi connectivity index (χ4v) is 6.21. The van der Waals surface area contributed by atoms with Gasteiger partial charge in [-0.2, -0.15) is 0 Å². The molecule has 0 N–H and O–H groups in total. The Morgan fingerprint density at radius 3 is 1.85 bits per heavy atom. The number of benzene rings is 5. The zero-order chi connectivity index (χ0) is 25.5. The Labute approximate surface area is 222 Å². The highest BCUT2D eigenvalue weighted by Gasteiger charge is 2.22. The van der Waals surface area contributed by atoms with Crippen LogP contribution in [0.4, 0.5) is 0 Å². The highest BCUT2D eigenvalue weighted by Crippen LogP contribution is 2.43. The molecule has 0 spiro atoms. The SMILES string of the molecule is c1ccc2c(c1)oc1c(-c3cccc4c5ccccc5n(-c5nccc6c5oc5ccccc56)c34)cccc12. The monoisotopic (exact) mass is 500 g/mol. The van der Waals surface area contributed by atoms with E-state index in [-0.39, 0.29) is 0 Å². The summed E-state index contributed by atoms with van der Waals surface area (Å²) in [7, 11) is 0. The van der Waals surface area contributed by atoms with E-state index in [0.29, 0.717) is 0 Å². The molecule has 0 aliphatic heterocycles. The molecule has 4 heterocycles. The zero-order valence-corrected chi connectivity index (χ0v) is 20.8. The highest BCUT2D eigenvalue weighted by atomic mass is 16.3. The molecule has 0 saturated carbocycles. The summed E-state index contributed by atoms with van der Waals surface area (Å²) in [6.45, 7) is 0. The Balaban J connectivity index is 1.46. The van der Waals surface area contributed by atoms with Gasteiger partial charge in [-0.05, 0) is 24.3 Å². The number of aromatic nitrogens is 2. The van der Waals surface area contributed by atoms with E-state index in [4.69, 9.17) is 13.8 Å². The predicted octanol–water partition coefficient (Wildman–Crippen LogP) is 9.64. The maximum atomic E-state index is 6.47. The summed E-state index contributed by atoms with van der Waals surface area (Å²) in [6, 6.07) is 39.8. The first-order valence-corrected chi connectivity index (χ1v) is 13.1. The molecule has 39 heavy (non-hydrogen) atoms. The Kier molecular flexibility index (Phi) is 4.02. The topological polar surface area (TPSA) is 44.1 Å². The molecule has 182 valence electrons. The van der Waals surface area contributed by atoms with Crippen LogP contribution in [0, 0.1) is 0 Å². The van der Waals surface area contributed by atoms with Crippen molar-refractivity contribution in [3.8, 4) is 16.9 Å². The van der Waals surface area contributed by atoms with Crippen molar-refractivity contribution < 1.29 is 8.83 Å². The number of pyridine rings is 1. The van der Waals surface area contributed by atoms with E-state index in [2.05, 4.69) is 83.4 Å². The van der Waals surface area contributed by atoms with Gasteiger partial charge in [-0.3, -0.25) is 4.57 Å². The van der Waals surface area contributed by atoms with Gasteiger partial charge in [0.1, 0.15) is 16.7 Å². The number of fused-ring (bicyclic) bond motifs is 9. The second-order valence-electron chi connectivity index (χ2n) is 9.94. The fourth-order valence-electron chi connectivity index (χ4n) is 6.21. The molecule has 0 atom stereocenters. The molecule has 0 saturated heterocycles. The molecule has 0 amide bonds. The molecule has 0 bridgehead atoms. The van der Waals surface area contributed by atoms with E-state index in [1.807, 2.05) is 42.6 Å². The van der Waals surface area contributed by atoms with Crippen LogP contribution in [-0.2, 0) is 0 Å². The maximum Gasteiger partial charge on any atom is 0.181 e. The molecule has 4 aromatic heterocycles. The van der Waals surface area contributed by atoms with E-state index in [1.54, 1.807) is 0 Å². The number of hydrogen-bond donors (Lipinski definition) is 0. The molecule has 0 fully saturated rings. The van der Waals surface area contributed by atoms with Gasteiger partial charge in [0.2, 0.25) is 0 Å². The van der Waals surface area contributed by atoms with Crippen LogP contribution in [0.15, 0.2) is 130 Å². The molecular formula is C35H20N2O2. The number of para-hydroxylation sites is 5. The van der Waals surface area contributed by atoms with Crippen molar-refractivity contribution in [1.29, 1.82) is 0 Å². The third-order valence-electron chi connectivity index (χ3n) is 7.88. The van der Waals surface area contributed by atoms with Gasteiger partial charge in [-0.25, -0.2) is 4.98 Å². The van der Waals surface area contributed by atoms with Crippen LogP contribution < -0.4 is 0 Å². The summed E-state index contributed by atoms with van der Waals surface area (Å²) in [6.07, 6.45) is 1.88. The van der Waals surface area contributed by atoms with Crippen molar-refractivity contribution in [1.82, 2.24) is 9.55 Å². The summed E-state index contributed by atoms with van der Waals surface area (Å²) in [4.78, 5) is 4.92. The smallest absolute Gasteiger partial charge is 0.181 e. The standard InChI is InChI=1S/C35H20N2O2/c1-4-16-29-21(9-1)24-12-7-13-25(27-15-8-14-26-22-10-2-5-17-30(22)38-33(26)27)32(24)37(29)35-34-28(19-20-36-35)23-11-3-6-18-31(23)39-34/h1-20H. The number of rotatable bonds is 2. The summed E-state index contributed by atoms with van der Waals surface area (Å²) in [5, 5.41) is 6.70. The average Bonchev–Trinajstić information content (AvgIpc) is 3.67. The van der Waals surface area contributed by atoms with E-state index in [9.17, 15) is 0 Å². The molecular weight excluding hydrogens is 480 g/mol. The van der Waals surface area contributed by atoms with Gasteiger partial charge in [0.15, 0.2) is 11.4 Å². The van der Waals surface area contributed by atoms with E-state index in [1.165, 1.54) is 5.39 Å². The van der Waals surface area contributed by atoms with Crippen LogP contribution in [0.3, 0.4) is 0 Å². The molecule has 5 aromatic carbocycles. The van der Waals surface area contributed by atoms with Crippen LogP contribution in [0.2, 0.25) is 0 Å². The van der Waals surface area contributed by atoms with E-state index in [0.717, 1.165) is 77.2 Å². The molecule has 0 unspecified atom stereocenters. The number of nitrogens with zero attached hydrogens (tertiary/aromatic N) is 2. The molecule has 9 aromatic rings. The first kappa shape index (κ1) is 20.7. The van der Waals surface area contributed by atoms with Crippen LogP contribution in [0.25, 0.3) is 82.6 Å². The van der Waals surface area contributed by atoms with Crippen molar-refractivity contribution in [3.63, 3.8) is 0 Å². The minimum atomic E-state index is 0.776. The largest absolute Gasteiger partial charge is 0.455 e. The lowest BCUT2D eigenvalue weighted by molar-refractivity contribution is 0.663. The van der Waals surface area contributed by atoms with Crippen LogP contribution in [-0.4, -0.2) is 9.55 Å². The Hall–Kier alpha value is -5.35. The second-order valence-corrected chi connectivity index (χ2v) is 9.94. The summed E-state index contributed by atoms with van der Waals surface area (Å²) in [5.74, 6) is 0.777. The van der Waals surface area contributed by atoms with Gasteiger partial charge < -0.3 is 8.83 Å². The first-order chi connectivity index (χ1) is 19.4. The van der Waals surface area contributed by atoms with Gasteiger partial charge >= 0.3 is 0 Å². The molecule has 4 nitrogen and oxygen atoms in total. The van der Waals surface area contributed by atoms with Crippen molar-refractivity contribution in [2.75, 3.05) is 0 Å². The lowest BCUT2D eigenvalue weighted by Crippen LogP contribution is -1.99. The second kappa shape index (κ2) is 7.59. The molecule has 0 aliphatic rings. The molecule has 4 heteroatoms. The van der Waals surface area contributed by atoms with E-state index >= 15 is 0 Å². The number of furan rings is 2. The van der Waals surface area contributed by atoms with Gasteiger partial charge in [0.25, 0.3) is 0 Å². The lowest BCUT2D eigenvalue weighted by atomic mass is 9.99. The van der Waals surface area contributed by atoms with Gasteiger partial charge in [-0.1, -0.05) is 91.0 Å². The molecule has 0 aliphatic carbocycles.